The van der Waals surface area contributed by atoms with Crippen LogP contribution < -0.4 is 0 Å². The van der Waals surface area contributed by atoms with Crippen LogP contribution in [0.1, 0.15) is 52.4 Å². The topological polar surface area (TPSA) is 94.8 Å². The molecule has 0 aliphatic heterocycles. The fourth-order valence-corrected chi connectivity index (χ4v) is 6.76. The minimum atomic E-state index is -1.67. The summed E-state index contributed by atoms with van der Waals surface area (Å²) in [7, 11) is 0. The second kappa shape index (κ2) is 5.37. The zero-order valence-corrected chi connectivity index (χ0v) is 15.5. The predicted octanol–water partition coefficient (Wildman–Crippen LogP) is 1.70. The molecule has 0 aromatic rings. The molecule has 0 radical (unpaired) electrons. The number of Topliss-reactive ketones (excluding diaryl/α,β-unsaturated/α-hetero) is 1. The lowest BCUT2D eigenvalue weighted by Gasteiger charge is -2.61. The van der Waals surface area contributed by atoms with Crippen molar-refractivity contribution in [2.75, 3.05) is 6.61 Å². The number of carbonyl (C=O) groups is 2. The summed E-state index contributed by atoms with van der Waals surface area (Å²) in [6, 6.07) is 0. The Bertz CT molecular complexity index is 739. The Kier molecular flexibility index (Phi) is 3.73. The van der Waals surface area contributed by atoms with Gasteiger partial charge < -0.3 is 15.3 Å². The number of ketones is 2. The largest absolute Gasteiger partial charge is 0.389 e. The van der Waals surface area contributed by atoms with Gasteiger partial charge in [0.2, 0.25) is 0 Å². The van der Waals surface area contributed by atoms with E-state index >= 15 is 0 Å². The van der Waals surface area contributed by atoms with E-state index in [-0.39, 0.29) is 29.5 Å². The van der Waals surface area contributed by atoms with E-state index in [1.54, 1.807) is 12.2 Å². The van der Waals surface area contributed by atoms with Gasteiger partial charge in [-0.2, -0.15) is 0 Å². The van der Waals surface area contributed by atoms with Crippen LogP contribution in [0.3, 0.4) is 0 Å². The molecule has 142 valence electrons. The first-order chi connectivity index (χ1) is 12.1. The minimum Gasteiger partial charge on any atom is -0.389 e. The summed E-state index contributed by atoms with van der Waals surface area (Å²) < 4.78 is 0. The van der Waals surface area contributed by atoms with E-state index in [9.17, 15) is 24.9 Å². The van der Waals surface area contributed by atoms with Crippen LogP contribution in [0.5, 0.6) is 0 Å². The van der Waals surface area contributed by atoms with Crippen LogP contribution in [0, 0.1) is 22.7 Å². The highest BCUT2D eigenvalue weighted by Gasteiger charge is 2.72. The Morgan fingerprint density at radius 2 is 1.88 bits per heavy atom. The van der Waals surface area contributed by atoms with Crippen molar-refractivity contribution in [3.8, 4) is 0 Å². The second-order valence-corrected chi connectivity index (χ2v) is 9.18. The van der Waals surface area contributed by atoms with E-state index in [1.807, 2.05) is 13.0 Å². The number of hydrogen-bond donors (Lipinski definition) is 3. The van der Waals surface area contributed by atoms with E-state index < -0.39 is 29.0 Å². The lowest BCUT2D eigenvalue weighted by molar-refractivity contribution is -0.214. The molecular formula is C21H28O5. The molecule has 6 atom stereocenters. The van der Waals surface area contributed by atoms with Crippen LogP contribution in [0.15, 0.2) is 23.8 Å². The highest BCUT2D eigenvalue weighted by molar-refractivity contribution is 6.01. The Labute approximate surface area is 153 Å². The minimum absolute atomic E-state index is 0.0269. The van der Waals surface area contributed by atoms with Gasteiger partial charge in [0.15, 0.2) is 11.6 Å². The average Bonchev–Trinajstić information content (AvgIpc) is 2.84. The summed E-state index contributed by atoms with van der Waals surface area (Å²) in [5.41, 5.74) is -2.88. The number of aliphatic hydroxyl groups is 3. The van der Waals surface area contributed by atoms with Crippen molar-refractivity contribution in [1.82, 2.24) is 0 Å². The maximum Gasteiger partial charge on any atom is 0.190 e. The molecule has 0 saturated heterocycles. The van der Waals surface area contributed by atoms with Gasteiger partial charge in [-0.3, -0.25) is 9.59 Å². The van der Waals surface area contributed by atoms with Gasteiger partial charge in [0.25, 0.3) is 0 Å². The number of carbonyl (C=O) groups excluding carboxylic acids is 2. The average molecular weight is 360 g/mol. The summed E-state index contributed by atoms with van der Waals surface area (Å²) in [5, 5.41) is 32.3. The third kappa shape index (κ3) is 1.92. The van der Waals surface area contributed by atoms with Gasteiger partial charge in [0, 0.05) is 10.8 Å². The molecular weight excluding hydrogens is 332 g/mol. The van der Waals surface area contributed by atoms with Crippen LogP contribution in [0.2, 0.25) is 0 Å². The molecule has 3 N–H and O–H groups in total. The third-order valence-electron chi connectivity index (χ3n) is 8.49. The van der Waals surface area contributed by atoms with Gasteiger partial charge in [-0.05, 0) is 62.5 Å². The smallest absolute Gasteiger partial charge is 0.190 e. The normalized spacial score (nSPS) is 49.9. The van der Waals surface area contributed by atoms with E-state index in [0.717, 1.165) is 24.8 Å². The number of aliphatic hydroxyl groups excluding tert-OH is 1. The van der Waals surface area contributed by atoms with Gasteiger partial charge in [0.05, 0.1) is 5.60 Å². The van der Waals surface area contributed by atoms with E-state index in [2.05, 4.69) is 6.92 Å². The number of rotatable bonds is 2. The van der Waals surface area contributed by atoms with Crippen molar-refractivity contribution < 1.29 is 24.9 Å². The van der Waals surface area contributed by atoms with Crippen LogP contribution in [0.4, 0.5) is 0 Å². The fraction of sp³-hybridized carbons (Fsp3) is 0.714. The molecule has 0 aromatic carbocycles. The van der Waals surface area contributed by atoms with Gasteiger partial charge in [-0.15, -0.1) is 0 Å². The Balaban J connectivity index is 1.76. The van der Waals surface area contributed by atoms with Crippen LogP contribution in [-0.4, -0.2) is 44.7 Å². The number of fused-ring (bicyclic) bond motifs is 5. The summed E-state index contributed by atoms with van der Waals surface area (Å²) >= 11 is 0. The lowest BCUT2D eigenvalue weighted by Crippen LogP contribution is -2.66. The van der Waals surface area contributed by atoms with Crippen molar-refractivity contribution in [3.05, 3.63) is 23.8 Å². The van der Waals surface area contributed by atoms with Gasteiger partial charge in [0.1, 0.15) is 12.2 Å². The lowest BCUT2D eigenvalue weighted by atomic mass is 9.45. The van der Waals surface area contributed by atoms with E-state index in [4.69, 9.17) is 0 Å². The summed E-state index contributed by atoms with van der Waals surface area (Å²) in [6.45, 7) is 3.26. The molecule has 0 unspecified atom stereocenters. The molecule has 5 nitrogen and oxygen atoms in total. The zero-order valence-electron chi connectivity index (χ0n) is 15.5. The van der Waals surface area contributed by atoms with Crippen molar-refractivity contribution in [2.45, 2.75) is 63.6 Å². The molecule has 5 heteroatoms. The highest BCUT2D eigenvalue weighted by Crippen LogP contribution is 2.68. The molecule has 0 heterocycles. The first-order valence-electron chi connectivity index (χ1n) is 9.65. The second-order valence-electron chi connectivity index (χ2n) is 9.18. The first-order valence-corrected chi connectivity index (χ1v) is 9.65. The van der Waals surface area contributed by atoms with Crippen molar-refractivity contribution in [3.63, 3.8) is 0 Å². The zero-order chi connectivity index (χ0) is 19.0. The van der Waals surface area contributed by atoms with E-state index in [0.29, 0.717) is 12.8 Å². The van der Waals surface area contributed by atoms with Crippen molar-refractivity contribution in [1.29, 1.82) is 0 Å². The maximum atomic E-state index is 12.4. The van der Waals surface area contributed by atoms with Crippen molar-refractivity contribution >= 4 is 11.6 Å². The molecule has 0 aromatic heterocycles. The fourth-order valence-electron chi connectivity index (χ4n) is 6.76. The monoisotopic (exact) mass is 360 g/mol. The molecule has 4 rings (SSSR count). The molecule has 26 heavy (non-hydrogen) atoms. The summed E-state index contributed by atoms with van der Waals surface area (Å²) in [5.74, 6) is -0.419. The molecule has 3 saturated carbocycles. The van der Waals surface area contributed by atoms with Crippen LogP contribution in [-0.2, 0) is 9.59 Å². The SMILES string of the molecule is C[C@]12CC[C@H]3[C@@H](CCC4=CC(=O)C=C[C@@]43C)[C@]1(O)CC[C@]2(O)C(=O)CO. The summed E-state index contributed by atoms with van der Waals surface area (Å²) in [4.78, 5) is 24.2. The van der Waals surface area contributed by atoms with Crippen LogP contribution in [0.25, 0.3) is 0 Å². The molecule has 0 bridgehead atoms. The highest BCUT2D eigenvalue weighted by atomic mass is 16.3. The molecule has 3 fully saturated rings. The van der Waals surface area contributed by atoms with Crippen molar-refractivity contribution in [2.24, 2.45) is 22.7 Å². The third-order valence-corrected chi connectivity index (χ3v) is 8.49. The standard InChI is InChI=1S/C21H28O5/c1-18-7-5-14(23)11-13(18)3-4-16-15(18)6-8-19(2)20(16,25)9-10-21(19,26)17(24)12-22/h5,7,11,15-16,22,25-26H,3-4,6,8-10,12H2,1-2H3/t15-,16+,18-,19-,20+,21-/m0/s1. The van der Waals surface area contributed by atoms with E-state index in [1.165, 1.54) is 0 Å². The molecule has 0 amide bonds. The van der Waals surface area contributed by atoms with Gasteiger partial charge in [-0.25, -0.2) is 0 Å². The van der Waals surface area contributed by atoms with Gasteiger partial charge in [-0.1, -0.05) is 25.5 Å². The predicted molar refractivity (Wildman–Crippen MR) is 95.1 cm³/mol. The first kappa shape index (κ1) is 18.1. The summed E-state index contributed by atoms with van der Waals surface area (Å²) in [6.07, 6.45) is 8.72. The molecule has 4 aliphatic rings. The quantitative estimate of drug-likeness (QED) is 0.697. The van der Waals surface area contributed by atoms with Gasteiger partial charge >= 0.3 is 0 Å². The Morgan fingerprint density at radius 3 is 2.58 bits per heavy atom. The Morgan fingerprint density at radius 1 is 1.15 bits per heavy atom. The number of hydrogen-bond acceptors (Lipinski definition) is 5. The van der Waals surface area contributed by atoms with Crippen LogP contribution >= 0.6 is 0 Å². The molecule has 4 aliphatic carbocycles. The maximum absolute atomic E-state index is 12.4. The Hall–Kier alpha value is -1.30. The molecule has 0 spiro atoms. The number of allylic oxidation sites excluding steroid dienone is 4.